The molecule has 202 valence electrons. The summed E-state index contributed by atoms with van der Waals surface area (Å²) in [5.74, 6) is 0.521. The lowest BCUT2D eigenvalue weighted by atomic mass is 9.67. The van der Waals surface area contributed by atoms with E-state index in [1.165, 1.54) is 21.6 Å². The Hall–Kier alpha value is -1.87. The minimum Gasteiger partial charge on any atom is -0.504 e. The Bertz CT molecular complexity index is 1110. The summed E-state index contributed by atoms with van der Waals surface area (Å²) in [6.07, 6.45) is 7.44. The Morgan fingerprint density at radius 2 is 1.95 bits per heavy atom. The average molecular weight is 622 g/mol. The standard InChI is InChI=1S/C30H40INO5/c1-6-8-18(12-19-13-23(31)28(33)25(14-19)36-5)9-10-24-26-20(17(3)4)15-21-27(22(26)16-37-24)30(35)32(11-7-2)29(21)34/h12-14,17,21-22,24,27,33H,6-11,15-16H2,1-5H3/b18-12+/t21-,22+,24-,27-/m1/s1. The van der Waals surface area contributed by atoms with E-state index in [-0.39, 0.29) is 41.4 Å². The van der Waals surface area contributed by atoms with Gasteiger partial charge in [0.2, 0.25) is 11.8 Å². The number of amides is 2. The zero-order chi connectivity index (χ0) is 26.9. The summed E-state index contributed by atoms with van der Waals surface area (Å²) in [7, 11) is 1.57. The second-order valence-corrected chi connectivity index (χ2v) is 12.0. The van der Waals surface area contributed by atoms with Crippen molar-refractivity contribution in [2.75, 3.05) is 20.3 Å². The lowest BCUT2D eigenvalue weighted by molar-refractivity contribution is -0.140. The van der Waals surface area contributed by atoms with Gasteiger partial charge in [-0.15, -0.1) is 0 Å². The van der Waals surface area contributed by atoms with Gasteiger partial charge in [-0.1, -0.05) is 51.3 Å². The summed E-state index contributed by atoms with van der Waals surface area (Å²) in [6, 6.07) is 3.85. The van der Waals surface area contributed by atoms with E-state index >= 15 is 0 Å². The van der Waals surface area contributed by atoms with E-state index in [0.29, 0.717) is 31.2 Å². The number of phenolic OH excluding ortho intramolecular Hbond substituents is 1. The summed E-state index contributed by atoms with van der Waals surface area (Å²) in [5, 5.41) is 10.2. The first-order valence-electron chi connectivity index (χ1n) is 13.7. The lowest BCUT2D eigenvalue weighted by Gasteiger charge is -2.33. The molecule has 2 aliphatic heterocycles. The van der Waals surface area contributed by atoms with Crippen molar-refractivity contribution in [2.45, 2.75) is 72.3 Å². The second-order valence-electron chi connectivity index (χ2n) is 10.9. The molecule has 7 heteroatoms. The van der Waals surface area contributed by atoms with Gasteiger partial charge in [0.1, 0.15) is 0 Å². The van der Waals surface area contributed by atoms with Gasteiger partial charge in [0, 0.05) is 12.5 Å². The van der Waals surface area contributed by atoms with Crippen LogP contribution in [0.1, 0.15) is 71.8 Å². The first-order chi connectivity index (χ1) is 17.7. The van der Waals surface area contributed by atoms with Crippen LogP contribution in [0.15, 0.2) is 28.9 Å². The SMILES string of the molecule is CCC/C(=C\c1cc(I)c(O)c(OC)c1)CC[C@H]1OC[C@H]2C1=C(C(C)C)C[C@H]1C(=O)N(CCC)C(=O)[C@H]12. The fourth-order valence-electron chi connectivity index (χ4n) is 6.44. The number of aromatic hydroxyl groups is 1. The monoisotopic (exact) mass is 621 g/mol. The number of methoxy groups -OCH3 is 1. The van der Waals surface area contributed by atoms with Crippen LogP contribution in [0.5, 0.6) is 11.5 Å². The highest BCUT2D eigenvalue weighted by molar-refractivity contribution is 14.1. The van der Waals surface area contributed by atoms with Gasteiger partial charge in [0.05, 0.1) is 35.2 Å². The smallest absolute Gasteiger partial charge is 0.233 e. The predicted octanol–water partition coefficient (Wildman–Crippen LogP) is 6.35. The third kappa shape index (κ3) is 5.49. The highest BCUT2D eigenvalue weighted by atomic mass is 127. The molecule has 2 heterocycles. The molecular formula is C30H40INO5. The van der Waals surface area contributed by atoms with Gasteiger partial charge >= 0.3 is 0 Å². The number of hydrogen-bond donors (Lipinski definition) is 1. The number of ether oxygens (including phenoxy) is 2. The van der Waals surface area contributed by atoms with E-state index in [1.54, 1.807) is 7.11 Å². The number of allylic oxidation sites excluding steroid dienone is 2. The Kier molecular flexibility index (Phi) is 9.04. The first-order valence-corrected chi connectivity index (χ1v) is 14.7. The molecule has 0 saturated carbocycles. The molecule has 2 amide bonds. The third-order valence-electron chi connectivity index (χ3n) is 8.12. The first kappa shape index (κ1) is 28.1. The van der Waals surface area contributed by atoms with E-state index in [9.17, 15) is 14.7 Å². The maximum absolute atomic E-state index is 13.3. The van der Waals surface area contributed by atoms with Crippen molar-refractivity contribution in [3.05, 3.63) is 38.0 Å². The van der Waals surface area contributed by atoms with Crippen molar-refractivity contribution in [3.63, 3.8) is 0 Å². The Labute approximate surface area is 234 Å². The average Bonchev–Trinajstić information content (AvgIpc) is 3.39. The van der Waals surface area contributed by atoms with Gasteiger partial charge in [-0.3, -0.25) is 14.5 Å². The summed E-state index contributed by atoms with van der Waals surface area (Å²) < 4.78 is 12.5. The number of rotatable bonds is 10. The van der Waals surface area contributed by atoms with E-state index in [2.05, 4.69) is 49.4 Å². The largest absolute Gasteiger partial charge is 0.504 e. The van der Waals surface area contributed by atoms with Crippen LogP contribution in [0.25, 0.3) is 6.08 Å². The van der Waals surface area contributed by atoms with Crippen molar-refractivity contribution < 1.29 is 24.2 Å². The van der Waals surface area contributed by atoms with Crippen LogP contribution in [0.2, 0.25) is 0 Å². The van der Waals surface area contributed by atoms with Crippen LogP contribution in [0, 0.1) is 27.2 Å². The molecule has 3 aliphatic rings. The van der Waals surface area contributed by atoms with Crippen LogP contribution in [-0.4, -0.2) is 48.2 Å². The molecule has 1 aromatic carbocycles. The molecular weight excluding hydrogens is 581 g/mol. The van der Waals surface area contributed by atoms with Gasteiger partial charge in [0.25, 0.3) is 0 Å². The zero-order valence-electron chi connectivity index (χ0n) is 22.7. The number of fused-ring (bicyclic) bond motifs is 3. The van der Waals surface area contributed by atoms with Gasteiger partial charge in [-0.05, 0) is 83.9 Å². The molecule has 2 saturated heterocycles. The van der Waals surface area contributed by atoms with Gasteiger partial charge in [-0.2, -0.15) is 0 Å². The van der Waals surface area contributed by atoms with Crippen molar-refractivity contribution in [2.24, 2.45) is 23.7 Å². The molecule has 0 bridgehead atoms. The molecule has 4 atom stereocenters. The summed E-state index contributed by atoms with van der Waals surface area (Å²) in [4.78, 5) is 28.0. The number of nitrogens with zero attached hydrogens (tertiary/aromatic N) is 1. The molecule has 0 spiro atoms. The molecule has 4 rings (SSSR count). The fourth-order valence-corrected chi connectivity index (χ4v) is 7.07. The fraction of sp³-hybridized carbons (Fsp3) is 0.600. The minimum absolute atomic E-state index is 0.00820. The quantitative estimate of drug-likeness (QED) is 0.187. The highest BCUT2D eigenvalue weighted by Gasteiger charge is 2.56. The molecule has 6 nitrogen and oxygen atoms in total. The summed E-state index contributed by atoms with van der Waals surface area (Å²) in [6.45, 7) is 9.63. The van der Waals surface area contributed by atoms with Crippen LogP contribution in [0.4, 0.5) is 0 Å². The van der Waals surface area contributed by atoms with E-state index in [0.717, 1.165) is 41.2 Å². The third-order valence-corrected chi connectivity index (χ3v) is 8.94. The van der Waals surface area contributed by atoms with Crippen LogP contribution >= 0.6 is 22.6 Å². The van der Waals surface area contributed by atoms with E-state index in [1.807, 2.05) is 19.1 Å². The molecule has 37 heavy (non-hydrogen) atoms. The molecule has 0 unspecified atom stereocenters. The van der Waals surface area contributed by atoms with Gasteiger partial charge in [-0.25, -0.2) is 0 Å². The number of hydrogen-bond acceptors (Lipinski definition) is 5. The van der Waals surface area contributed by atoms with Crippen molar-refractivity contribution >= 4 is 40.5 Å². The molecule has 1 aromatic rings. The molecule has 0 radical (unpaired) electrons. The Morgan fingerprint density at radius 1 is 1.19 bits per heavy atom. The number of halogens is 1. The van der Waals surface area contributed by atoms with Gasteiger partial charge < -0.3 is 14.6 Å². The highest BCUT2D eigenvalue weighted by Crippen LogP contribution is 2.51. The van der Waals surface area contributed by atoms with Crippen LogP contribution < -0.4 is 4.74 Å². The maximum atomic E-state index is 13.3. The second kappa shape index (κ2) is 11.9. The van der Waals surface area contributed by atoms with Crippen molar-refractivity contribution in [1.82, 2.24) is 4.90 Å². The molecule has 0 aromatic heterocycles. The van der Waals surface area contributed by atoms with Crippen LogP contribution in [-0.2, 0) is 14.3 Å². The lowest BCUT2D eigenvalue weighted by Crippen LogP contribution is -2.35. The zero-order valence-corrected chi connectivity index (χ0v) is 24.8. The number of benzene rings is 1. The minimum atomic E-state index is -0.265. The Balaban J connectivity index is 1.58. The predicted molar refractivity (Wildman–Crippen MR) is 153 cm³/mol. The number of carbonyl (C=O) groups is 2. The molecule has 1 aliphatic carbocycles. The molecule has 1 N–H and O–H groups in total. The van der Waals surface area contributed by atoms with Crippen molar-refractivity contribution in [3.8, 4) is 11.5 Å². The summed E-state index contributed by atoms with van der Waals surface area (Å²) >= 11 is 2.13. The molecule has 2 fully saturated rings. The number of phenols is 1. The normalized spacial score (nSPS) is 25.8. The summed E-state index contributed by atoms with van der Waals surface area (Å²) in [5.41, 5.74) is 4.97. The van der Waals surface area contributed by atoms with E-state index < -0.39 is 0 Å². The van der Waals surface area contributed by atoms with Crippen molar-refractivity contribution in [1.29, 1.82) is 0 Å². The Morgan fingerprint density at radius 3 is 2.59 bits per heavy atom. The number of likely N-dealkylation sites (tertiary alicyclic amines) is 1. The number of carbonyl (C=O) groups excluding carboxylic acids is 2. The van der Waals surface area contributed by atoms with Crippen LogP contribution in [0.3, 0.4) is 0 Å². The number of imide groups is 1. The van der Waals surface area contributed by atoms with E-state index in [4.69, 9.17) is 9.47 Å². The van der Waals surface area contributed by atoms with Gasteiger partial charge in [0.15, 0.2) is 11.5 Å². The maximum Gasteiger partial charge on any atom is 0.233 e. The topological polar surface area (TPSA) is 76.1 Å².